The summed E-state index contributed by atoms with van der Waals surface area (Å²) in [7, 11) is 0. The lowest BCUT2D eigenvalue weighted by atomic mass is 9.81. The van der Waals surface area contributed by atoms with Crippen molar-refractivity contribution in [1.29, 1.82) is 0 Å². The van der Waals surface area contributed by atoms with Gasteiger partial charge in [0.25, 0.3) is 0 Å². The van der Waals surface area contributed by atoms with E-state index in [0.717, 1.165) is 0 Å². The molecule has 1 nitrogen and oxygen atoms in total. The van der Waals surface area contributed by atoms with Crippen LogP contribution in [0.2, 0.25) is 0 Å². The minimum atomic E-state index is -0.00582. The third kappa shape index (κ3) is 4.36. The molecule has 0 aliphatic heterocycles. The molecule has 226 valence electrons. The van der Waals surface area contributed by atoms with Crippen LogP contribution < -0.4 is 4.90 Å². The molecule has 0 saturated heterocycles. The molecule has 0 saturated carbocycles. The van der Waals surface area contributed by atoms with Gasteiger partial charge in [0.2, 0.25) is 0 Å². The molecule has 8 aromatic rings. The van der Waals surface area contributed by atoms with Gasteiger partial charge in [-0.2, -0.15) is 0 Å². The molecule has 9 rings (SSSR count). The van der Waals surface area contributed by atoms with Crippen molar-refractivity contribution in [3.8, 4) is 0 Å². The predicted molar refractivity (Wildman–Crippen MR) is 206 cm³/mol. The van der Waals surface area contributed by atoms with Crippen LogP contribution in [0.25, 0.3) is 53.9 Å². The van der Waals surface area contributed by atoms with E-state index >= 15 is 0 Å². The molecule has 0 fully saturated rings. The number of hydrogen-bond acceptors (Lipinski definition) is 2. The number of benzene rings is 7. The van der Waals surface area contributed by atoms with Crippen molar-refractivity contribution >= 4 is 82.3 Å². The zero-order chi connectivity index (χ0) is 31.9. The van der Waals surface area contributed by atoms with E-state index in [2.05, 4.69) is 172 Å². The van der Waals surface area contributed by atoms with Gasteiger partial charge in [0.1, 0.15) is 0 Å². The van der Waals surface area contributed by atoms with E-state index in [9.17, 15) is 0 Å². The van der Waals surface area contributed by atoms with Gasteiger partial charge >= 0.3 is 0 Å². The molecule has 0 N–H and O–H groups in total. The molecule has 1 heterocycles. The van der Waals surface area contributed by atoms with E-state index in [1.54, 1.807) is 0 Å². The van der Waals surface area contributed by atoms with Gasteiger partial charge in [-0.1, -0.05) is 117 Å². The Balaban J connectivity index is 1.10. The molecule has 0 spiro atoms. The molecule has 0 atom stereocenters. The standard InChI is InChI=1S/C45H35NS/c1-28-10-5-7-14-39(28)46(40-15-8-6-11-29(40)2)34-21-23-36-35-22-18-30(26-41(35)47-42(36)27-34)16-17-31-24-33-20-19-32-12-9-13-37-43(32)44(33)38(25-31)45(37,3)4/h5-27H,1-4H3/b17-16+. The highest BCUT2D eigenvalue weighted by atomic mass is 32.1. The number of rotatable bonds is 5. The minimum Gasteiger partial charge on any atom is -0.310 e. The second-order valence-electron chi connectivity index (χ2n) is 13.5. The minimum absolute atomic E-state index is 0.00582. The van der Waals surface area contributed by atoms with Gasteiger partial charge in [-0.15, -0.1) is 11.3 Å². The fraction of sp³-hybridized carbons (Fsp3) is 0.111. The number of aryl methyl sites for hydroxylation is 2. The Morgan fingerprint density at radius 2 is 1.17 bits per heavy atom. The van der Waals surface area contributed by atoms with E-state index in [1.165, 1.54) is 92.2 Å². The van der Waals surface area contributed by atoms with Crippen molar-refractivity contribution in [3.05, 3.63) is 161 Å². The summed E-state index contributed by atoms with van der Waals surface area (Å²) in [5.74, 6) is 0. The molecule has 7 aromatic carbocycles. The first kappa shape index (κ1) is 28.1. The van der Waals surface area contributed by atoms with Crippen LogP contribution in [0.15, 0.2) is 127 Å². The highest BCUT2D eigenvalue weighted by Gasteiger charge is 2.33. The van der Waals surface area contributed by atoms with Crippen LogP contribution in [0.4, 0.5) is 17.1 Å². The summed E-state index contributed by atoms with van der Waals surface area (Å²) < 4.78 is 2.62. The zero-order valence-corrected chi connectivity index (χ0v) is 28.0. The molecule has 2 heteroatoms. The molecule has 1 aliphatic carbocycles. The second-order valence-corrected chi connectivity index (χ2v) is 14.6. The monoisotopic (exact) mass is 621 g/mol. The Hall–Kier alpha value is -5.18. The molecule has 47 heavy (non-hydrogen) atoms. The summed E-state index contributed by atoms with van der Waals surface area (Å²) in [5, 5.41) is 8.15. The maximum absolute atomic E-state index is 2.41. The van der Waals surface area contributed by atoms with Crippen LogP contribution in [-0.4, -0.2) is 0 Å². The van der Waals surface area contributed by atoms with E-state index in [4.69, 9.17) is 0 Å². The lowest BCUT2D eigenvalue weighted by Gasteiger charge is -2.28. The normalized spacial score (nSPS) is 13.6. The third-order valence-electron chi connectivity index (χ3n) is 10.2. The highest BCUT2D eigenvalue weighted by Crippen LogP contribution is 2.49. The van der Waals surface area contributed by atoms with Gasteiger partial charge in [-0.05, 0) is 105 Å². The zero-order valence-electron chi connectivity index (χ0n) is 27.1. The first-order valence-electron chi connectivity index (χ1n) is 16.4. The van der Waals surface area contributed by atoms with Gasteiger partial charge < -0.3 is 4.90 Å². The second kappa shape index (κ2) is 10.4. The Labute approximate surface area is 280 Å². The number of thiophene rings is 1. The highest BCUT2D eigenvalue weighted by molar-refractivity contribution is 7.25. The van der Waals surface area contributed by atoms with Gasteiger partial charge in [0, 0.05) is 42.6 Å². The first-order chi connectivity index (χ1) is 22.9. The summed E-state index contributed by atoms with van der Waals surface area (Å²) in [6.07, 6.45) is 4.56. The maximum Gasteiger partial charge on any atom is 0.0490 e. The Kier molecular flexibility index (Phi) is 6.22. The van der Waals surface area contributed by atoms with Gasteiger partial charge in [-0.3, -0.25) is 0 Å². The summed E-state index contributed by atoms with van der Waals surface area (Å²) in [6, 6.07) is 47.2. The SMILES string of the molecule is Cc1ccccc1N(c1ccc2c(c1)sc1cc(/C=C/c3cc4c5c(ccc6cccc(c65)C4(C)C)c3)ccc12)c1ccccc1C. The number of anilines is 3. The Morgan fingerprint density at radius 3 is 1.91 bits per heavy atom. The van der Waals surface area contributed by atoms with Gasteiger partial charge in [0.05, 0.1) is 0 Å². The third-order valence-corrected chi connectivity index (χ3v) is 11.4. The van der Waals surface area contributed by atoms with E-state index in [1.807, 2.05) is 11.3 Å². The number of fused-ring (bicyclic) bond motifs is 3. The van der Waals surface area contributed by atoms with Crippen LogP contribution in [0, 0.1) is 13.8 Å². The molecule has 0 radical (unpaired) electrons. The fourth-order valence-electron chi connectivity index (χ4n) is 7.77. The van der Waals surface area contributed by atoms with E-state index < -0.39 is 0 Å². The average molecular weight is 622 g/mol. The number of para-hydroxylation sites is 2. The summed E-state index contributed by atoms with van der Waals surface area (Å²) >= 11 is 1.88. The molecule has 1 aromatic heterocycles. The van der Waals surface area contributed by atoms with Gasteiger partial charge in [-0.25, -0.2) is 0 Å². The van der Waals surface area contributed by atoms with Crippen molar-refractivity contribution < 1.29 is 0 Å². The summed E-state index contributed by atoms with van der Waals surface area (Å²) in [4.78, 5) is 2.41. The quantitative estimate of drug-likeness (QED) is 0.136. The van der Waals surface area contributed by atoms with Crippen LogP contribution in [0.3, 0.4) is 0 Å². The lowest BCUT2D eigenvalue weighted by Crippen LogP contribution is -2.15. The van der Waals surface area contributed by atoms with Crippen molar-refractivity contribution in [1.82, 2.24) is 0 Å². The number of nitrogens with zero attached hydrogens (tertiary/aromatic N) is 1. The number of hydrogen-bond donors (Lipinski definition) is 0. The van der Waals surface area contributed by atoms with Crippen LogP contribution >= 0.6 is 11.3 Å². The summed E-state index contributed by atoms with van der Waals surface area (Å²) in [5.41, 5.74) is 11.4. The van der Waals surface area contributed by atoms with E-state index in [0.29, 0.717) is 0 Å². The van der Waals surface area contributed by atoms with Crippen LogP contribution in [0.5, 0.6) is 0 Å². The Morgan fingerprint density at radius 1 is 0.532 bits per heavy atom. The largest absolute Gasteiger partial charge is 0.310 e. The smallest absolute Gasteiger partial charge is 0.0490 e. The van der Waals surface area contributed by atoms with Crippen molar-refractivity contribution in [2.75, 3.05) is 4.90 Å². The van der Waals surface area contributed by atoms with E-state index in [-0.39, 0.29) is 5.41 Å². The van der Waals surface area contributed by atoms with Crippen molar-refractivity contribution in [2.45, 2.75) is 33.1 Å². The van der Waals surface area contributed by atoms with Crippen molar-refractivity contribution in [3.63, 3.8) is 0 Å². The predicted octanol–water partition coefficient (Wildman–Crippen LogP) is 13.3. The summed E-state index contributed by atoms with van der Waals surface area (Å²) in [6.45, 7) is 9.12. The molecule has 0 bridgehead atoms. The maximum atomic E-state index is 2.41. The lowest BCUT2D eigenvalue weighted by molar-refractivity contribution is 0.662. The molecular weight excluding hydrogens is 587 g/mol. The molecule has 0 amide bonds. The van der Waals surface area contributed by atoms with Crippen LogP contribution in [-0.2, 0) is 5.41 Å². The average Bonchev–Trinajstić information content (AvgIpc) is 3.56. The van der Waals surface area contributed by atoms with Gasteiger partial charge in [0.15, 0.2) is 0 Å². The topological polar surface area (TPSA) is 3.24 Å². The molecule has 1 aliphatic rings. The first-order valence-corrected chi connectivity index (χ1v) is 17.2. The molecule has 0 unspecified atom stereocenters. The van der Waals surface area contributed by atoms with Crippen LogP contribution in [0.1, 0.15) is 47.2 Å². The fourth-order valence-corrected chi connectivity index (χ4v) is 8.96. The van der Waals surface area contributed by atoms with Crippen molar-refractivity contribution in [2.24, 2.45) is 0 Å². The molecular formula is C45H35NS. The Bertz CT molecular complexity index is 2540.